The standard InChI is InChI=1S/C9H12BrClO5/c1-4(12)14-3-6-8(15-5(2)13)7(11)9(10)16-6/h6-9H,3H2,1-2H3/t6-,7+,8-,9?/m1/s1. The van der Waals surface area contributed by atoms with Gasteiger partial charge in [0.15, 0.2) is 6.10 Å². The Labute approximate surface area is 106 Å². The Morgan fingerprint density at radius 3 is 2.50 bits per heavy atom. The topological polar surface area (TPSA) is 61.8 Å². The van der Waals surface area contributed by atoms with Crippen LogP contribution in [0, 0.1) is 0 Å². The molecule has 0 saturated carbocycles. The summed E-state index contributed by atoms with van der Waals surface area (Å²) in [5, 5.41) is -0.941. The van der Waals surface area contributed by atoms with E-state index in [9.17, 15) is 9.59 Å². The molecule has 1 aliphatic heterocycles. The molecule has 16 heavy (non-hydrogen) atoms. The minimum atomic E-state index is -0.622. The van der Waals surface area contributed by atoms with Gasteiger partial charge in [0.1, 0.15) is 23.1 Å². The van der Waals surface area contributed by atoms with Crippen LogP contribution in [0.2, 0.25) is 0 Å². The number of carbonyl (C=O) groups is 2. The average molecular weight is 316 g/mol. The molecular weight excluding hydrogens is 303 g/mol. The summed E-state index contributed by atoms with van der Waals surface area (Å²) in [5.41, 5.74) is 0. The van der Waals surface area contributed by atoms with Gasteiger partial charge in [0.05, 0.1) is 0 Å². The molecule has 0 N–H and O–H groups in total. The van der Waals surface area contributed by atoms with Gasteiger partial charge in [-0.05, 0) is 0 Å². The minimum Gasteiger partial charge on any atom is -0.463 e. The maximum Gasteiger partial charge on any atom is 0.303 e. The van der Waals surface area contributed by atoms with Crippen molar-refractivity contribution in [3.8, 4) is 0 Å². The Balaban J connectivity index is 2.59. The van der Waals surface area contributed by atoms with Crippen molar-refractivity contribution in [1.82, 2.24) is 0 Å². The van der Waals surface area contributed by atoms with E-state index in [0.717, 1.165) is 0 Å². The van der Waals surface area contributed by atoms with E-state index < -0.39 is 34.5 Å². The number of halogens is 2. The Hall–Kier alpha value is -0.330. The summed E-state index contributed by atoms with van der Waals surface area (Å²) < 4.78 is 15.2. The van der Waals surface area contributed by atoms with Gasteiger partial charge in [0.2, 0.25) is 0 Å². The van der Waals surface area contributed by atoms with Gasteiger partial charge in [0, 0.05) is 13.8 Å². The van der Waals surface area contributed by atoms with E-state index in [-0.39, 0.29) is 6.61 Å². The van der Waals surface area contributed by atoms with Crippen molar-refractivity contribution in [1.29, 1.82) is 0 Å². The van der Waals surface area contributed by atoms with Crippen molar-refractivity contribution in [2.75, 3.05) is 6.61 Å². The van der Waals surface area contributed by atoms with Crippen molar-refractivity contribution in [2.45, 2.75) is 36.4 Å². The normalized spacial score (nSPS) is 33.5. The summed E-state index contributed by atoms with van der Waals surface area (Å²) in [5.74, 6) is -0.872. The van der Waals surface area contributed by atoms with Gasteiger partial charge in [-0.25, -0.2) is 0 Å². The number of hydrogen-bond donors (Lipinski definition) is 0. The molecule has 1 rings (SSSR count). The summed E-state index contributed by atoms with van der Waals surface area (Å²) in [4.78, 5) is 21.5. The van der Waals surface area contributed by atoms with Crippen LogP contribution in [0.15, 0.2) is 0 Å². The van der Waals surface area contributed by atoms with Crippen molar-refractivity contribution < 1.29 is 23.8 Å². The number of hydrogen-bond acceptors (Lipinski definition) is 5. The van der Waals surface area contributed by atoms with E-state index >= 15 is 0 Å². The van der Waals surface area contributed by atoms with E-state index in [1.165, 1.54) is 13.8 Å². The highest BCUT2D eigenvalue weighted by atomic mass is 79.9. The van der Waals surface area contributed by atoms with E-state index in [2.05, 4.69) is 15.9 Å². The second kappa shape index (κ2) is 5.84. The predicted octanol–water partition coefficient (Wildman–Crippen LogP) is 1.21. The molecule has 0 spiro atoms. The zero-order valence-electron chi connectivity index (χ0n) is 8.81. The minimum absolute atomic E-state index is 0.0125. The molecule has 0 aromatic carbocycles. The first-order valence-corrected chi connectivity index (χ1v) is 6.01. The smallest absolute Gasteiger partial charge is 0.303 e. The fourth-order valence-electron chi connectivity index (χ4n) is 1.34. The number of rotatable bonds is 3. The molecule has 0 amide bonds. The van der Waals surface area contributed by atoms with Crippen LogP contribution in [0.3, 0.4) is 0 Å². The van der Waals surface area contributed by atoms with Gasteiger partial charge in [-0.15, -0.1) is 11.6 Å². The van der Waals surface area contributed by atoms with Crippen LogP contribution < -0.4 is 0 Å². The van der Waals surface area contributed by atoms with Gasteiger partial charge < -0.3 is 14.2 Å². The number of esters is 2. The van der Waals surface area contributed by atoms with E-state index in [1.54, 1.807) is 0 Å². The summed E-state index contributed by atoms with van der Waals surface area (Å²) in [6, 6.07) is 0. The zero-order valence-corrected chi connectivity index (χ0v) is 11.2. The molecule has 1 heterocycles. The third-order valence-corrected chi connectivity index (χ3v) is 3.56. The lowest BCUT2D eigenvalue weighted by Crippen LogP contribution is -2.35. The molecule has 92 valence electrons. The first-order valence-electron chi connectivity index (χ1n) is 4.66. The molecule has 0 radical (unpaired) electrons. The van der Waals surface area contributed by atoms with E-state index in [0.29, 0.717) is 0 Å². The second-order valence-corrected chi connectivity index (χ2v) is 4.75. The third kappa shape index (κ3) is 3.61. The molecule has 1 aliphatic rings. The molecule has 4 atom stereocenters. The lowest BCUT2D eigenvalue weighted by molar-refractivity contribution is -0.154. The van der Waals surface area contributed by atoms with Crippen LogP contribution in [0.4, 0.5) is 0 Å². The van der Waals surface area contributed by atoms with E-state index in [4.69, 9.17) is 25.8 Å². The lowest BCUT2D eigenvalue weighted by atomic mass is 10.2. The first-order chi connectivity index (χ1) is 7.41. The van der Waals surface area contributed by atoms with Gasteiger partial charge in [-0.2, -0.15) is 0 Å². The van der Waals surface area contributed by atoms with Crippen molar-refractivity contribution in [2.24, 2.45) is 0 Å². The molecule has 0 aromatic rings. The summed E-state index contributed by atoms with van der Waals surface area (Å²) >= 11 is 9.19. The van der Waals surface area contributed by atoms with Crippen LogP contribution >= 0.6 is 27.5 Å². The van der Waals surface area contributed by atoms with Gasteiger partial charge in [-0.3, -0.25) is 9.59 Å². The molecule has 0 aromatic heterocycles. The quantitative estimate of drug-likeness (QED) is 0.579. The molecular formula is C9H12BrClO5. The largest absolute Gasteiger partial charge is 0.463 e. The number of carbonyl (C=O) groups excluding carboxylic acids is 2. The summed E-state index contributed by atoms with van der Waals surface area (Å²) in [7, 11) is 0. The molecule has 1 fully saturated rings. The van der Waals surface area contributed by atoms with Crippen molar-refractivity contribution in [3.05, 3.63) is 0 Å². The Morgan fingerprint density at radius 2 is 2.00 bits per heavy atom. The number of alkyl halides is 2. The monoisotopic (exact) mass is 314 g/mol. The fraction of sp³-hybridized carbons (Fsp3) is 0.778. The molecule has 7 heteroatoms. The van der Waals surface area contributed by atoms with Gasteiger partial charge >= 0.3 is 11.9 Å². The molecule has 1 saturated heterocycles. The van der Waals surface area contributed by atoms with Crippen molar-refractivity contribution >= 4 is 39.5 Å². The Bertz CT molecular complexity index is 285. The van der Waals surface area contributed by atoms with E-state index in [1.807, 2.05) is 0 Å². The summed E-state index contributed by atoms with van der Waals surface area (Å²) in [6.07, 6.45) is -1.16. The first kappa shape index (κ1) is 13.7. The highest BCUT2D eigenvalue weighted by molar-refractivity contribution is 9.09. The maximum absolute atomic E-state index is 10.9. The van der Waals surface area contributed by atoms with Crippen LogP contribution in [-0.2, 0) is 23.8 Å². The molecule has 0 bridgehead atoms. The third-order valence-electron chi connectivity index (χ3n) is 1.99. The van der Waals surface area contributed by atoms with Crippen molar-refractivity contribution in [3.63, 3.8) is 0 Å². The average Bonchev–Trinajstić information content (AvgIpc) is 2.42. The zero-order chi connectivity index (χ0) is 12.3. The highest BCUT2D eigenvalue weighted by Gasteiger charge is 2.45. The highest BCUT2D eigenvalue weighted by Crippen LogP contribution is 2.32. The van der Waals surface area contributed by atoms with Crippen LogP contribution in [0.5, 0.6) is 0 Å². The lowest BCUT2D eigenvalue weighted by Gasteiger charge is -2.19. The molecule has 0 aliphatic carbocycles. The van der Waals surface area contributed by atoms with Crippen LogP contribution in [0.1, 0.15) is 13.8 Å². The van der Waals surface area contributed by atoms with Crippen LogP contribution in [-0.4, -0.2) is 41.1 Å². The Morgan fingerprint density at radius 1 is 1.38 bits per heavy atom. The van der Waals surface area contributed by atoms with Gasteiger partial charge in [-0.1, -0.05) is 15.9 Å². The van der Waals surface area contributed by atoms with Gasteiger partial charge in [0.25, 0.3) is 0 Å². The van der Waals surface area contributed by atoms with Crippen LogP contribution in [0.25, 0.3) is 0 Å². The summed E-state index contributed by atoms with van der Waals surface area (Å²) in [6.45, 7) is 2.59. The molecule has 5 nitrogen and oxygen atoms in total. The second-order valence-electron chi connectivity index (χ2n) is 3.35. The maximum atomic E-state index is 10.9. The fourth-order valence-corrected chi connectivity index (χ4v) is 2.19. The Kier molecular flexibility index (Phi) is 5.01. The SMILES string of the molecule is CC(=O)OC[C@H]1OC(Br)[C@@H](Cl)[C@@H]1OC(C)=O. The predicted molar refractivity (Wildman–Crippen MR) is 59.4 cm³/mol. The number of ether oxygens (including phenoxy) is 3. The molecule has 1 unspecified atom stereocenters.